The number of ether oxygens (including phenoxy) is 2. The Morgan fingerprint density at radius 3 is 2.41 bits per heavy atom. The van der Waals surface area contributed by atoms with Crippen LogP contribution in [0.25, 0.3) is 0 Å². The number of carbonyl (C=O) groups is 2. The summed E-state index contributed by atoms with van der Waals surface area (Å²) in [5.74, 6) is 0.558. The van der Waals surface area contributed by atoms with Crippen LogP contribution in [0.3, 0.4) is 0 Å². The van der Waals surface area contributed by atoms with Crippen molar-refractivity contribution in [3.05, 3.63) is 59.2 Å². The fourth-order valence-corrected chi connectivity index (χ4v) is 3.43. The molecule has 1 aliphatic heterocycles. The van der Waals surface area contributed by atoms with Gasteiger partial charge in [-0.3, -0.25) is 9.59 Å². The summed E-state index contributed by atoms with van der Waals surface area (Å²) in [7, 11) is 3.36. The van der Waals surface area contributed by atoms with Gasteiger partial charge in [-0.1, -0.05) is 12.1 Å². The molecular weight excluding hydrogens is 368 g/mol. The van der Waals surface area contributed by atoms with Gasteiger partial charge in [0.05, 0.1) is 26.7 Å². The SMILES string of the molecule is COc1ccc(C(C)=O)cc1CC(=O)N(C)Cc1ccc(N2CCOCC2)cc1. The summed E-state index contributed by atoms with van der Waals surface area (Å²) in [4.78, 5) is 28.4. The Labute approximate surface area is 172 Å². The summed E-state index contributed by atoms with van der Waals surface area (Å²) in [5.41, 5.74) is 3.55. The monoisotopic (exact) mass is 396 g/mol. The first-order valence-corrected chi connectivity index (χ1v) is 9.81. The normalized spacial score (nSPS) is 13.8. The van der Waals surface area contributed by atoms with Gasteiger partial charge in [-0.2, -0.15) is 0 Å². The number of rotatable bonds is 7. The summed E-state index contributed by atoms with van der Waals surface area (Å²) in [6, 6.07) is 13.5. The summed E-state index contributed by atoms with van der Waals surface area (Å²) in [6.45, 7) is 5.36. The number of nitrogens with zero attached hydrogens (tertiary/aromatic N) is 2. The van der Waals surface area contributed by atoms with Crippen molar-refractivity contribution in [2.24, 2.45) is 0 Å². The number of anilines is 1. The molecule has 0 saturated carbocycles. The number of morpholine rings is 1. The number of benzene rings is 2. The average molecular weight is 396 g/mol. The van der Waals surface area contributed by atoms with Crippen LogP contribution in [0.5, 0.6) is 5.75 Å². The Hall–Kier alpha value is -2.86. The van der Waals surface area contributed by atoms with Crippen molar-refractivity contribution in [1.29, 1.82) is 0 Å². The van der Waals surface area contributed by atoms with Gasteiger partial charge in [0.2, 0.25) is 5.91 Å². The second-order valence-corrected chi connectivity index (χ2v) is 7.28. The molecule has 0 bridgehead atoms. The standard InChI is InChI=1S/C23H28N2O4/c1-17(26)19-6-9-22(28-3)20(14-19)15-23(27)24(2)16-18-4-7-21(8-5-18)25-10-12-29-13-11-25/h4-9,14H,10-13,15-16H2,1-3H3. The molecule has 0 aliphatic carbocycles. The lowest BCUT2D eigenvalue weighted by atomic mass is 10.0. The van der Waals surface area contributed by atoms with Gasteiger partial charge in [0, 0.05) is 43.5 Å². The molecular formula is C23H28N2O4. The molecule has 1 fully saturated rings. The first-order valence-electron chi connectivity index (χ1n) is 9.81. The van der Waals surface area contributed by atoms with E-state index in [-0.39, 0.29) is 18.1 Å². The van der Waals surface area contributed by atoms with Crippen LogP contribution in [0.2, 0.25) is 0 Å². The highest BCUT2D eigenvalue weighted by molar-refractivity contribution is 5.94. The quantitative estimate of drug-likeness (QED) is 0.674. The molecule has 0 atom stereocenters. The van der Waals surface area contributed by atoms with E-state index in [9.17, 15) is 9.59 Å². The topological polar surface area (TPSA) is 59.1 Å². The lowest BCUT2D eigenvalue weighted by molar-refractivity contribution is -0.129. The number of methoxy groups -OCH3 is 1. The van der Waals surface area contributed by atoms with Gasteiger partial charge in [-0.25, -0.2) is 0 Å². The summed E-state index contributed by atoms with van der Waals surface area (Å²) in [5, 5.41) is 0. The van der Waals surface area contributed by atoms with Crippen molar-refractivity contribution in [2.45, 2.75) is 19.9 Å². The van der Waals surface area contributed by atoms with E-state index < -0.39 is 0 Å². The highest BCUT2D eigenvalue weighted by Gasteiger charge is 2.16. The highest BCUT2D eigenvalue weighted by Crippen LogP contribution is 2.22. The molecule has 0 N–H and O–H groups in total. The largest absolute Gasteiger partial charge is 0.496 e. The Bertz CT molecular complexity index is 858. The number of carbonyl (C=O) groups excluding carboxylic acids is 2. The summed E-state index contributed by atoms with van der Waals surface area (Å²) >= 11 is 0. The predicted molar refractivity (Wildman–Crippen MR) is 113 cm³/mol. The minimum atomic E-state index is -0.0323. The van der Waals surface area contributed by atoms with Crippen LogP contribution in [0.1, 0.15) is 28.4 Å². The Balaban J connectivity index is 1.63. The van der Waals surface area contributed by atoms with Gasteiger partial charge in [0.1, 0.15) is 5.75 Å². The molecule has 1 aliphatic rings. The van der Waals surface area contributed by atoms with E-state index in [1.54, 1.807) is 37.3 Å². The average Bonchev–Trinajstić information content (AvgIpc) is 2.74. The number of Topliss-reactive ketones (excluding diaryl/α,β-unsaturated/α-hetero) is 1. The van der Waals surface area contributed by atoms with Crippen LogP contribution in [0.15, 0.2) is 42.5 Å². The van der Waals surface area contributed by atoms with E-state index in [0.717, 1.165) is 37.4 Å². The first kappa shape index (κ1) is 20.9. The zero-order chi connectivity index (χ0) is 20.8. The van der Waals surface area contributed by atoms with Crippen LogP contribution >= 0.6 is 0 Å². The van der Waals surface area contributed by atoms with Crippen molar-refractivity contribution in [3.63, 3.8) is 0 Å². The van der Waals surface area contributed by atoms with Gasteiger partial charge in [0.15, 0.2) is 5.78 Å². The summed E-state index contributed by atoms with van der Waals surface area (Å²) < 4.78 is 10.8. The third kappa shape index (κ3) is 5.35. The molecule has 154 valence electrons. The zero-order valence-electron chi connectivity index (χ0n) is 17.3. The third-order valence-corrected chi connectivity index (χ3v) is 5.19. The number of hydrogen-bond acceptors (Lipinski definition) is 5. The number of likely N-dealkylation sites (N-methyl/N-ethyl adjacent to an activating group) is 1. The number of hydrogen-bond donors (Lipinski definition) is 0. The molecule has 0 aromatic heterocycles. The predicted octanol–water partition coefficient (Wildman–Crippen LogP) is 2.94. The molecule has 6 nitrogen and oxygen atoms in total. The lowest BCUT2D eigenvalue weighted by Crippen LogP contribution is -2.36. The van der Waals surface area contributed by atoms with Gasteiger partial charge in [-0.15, -0.1) is 0 Å². The van der Waals surface area contributed by atoms with E-state index in [4.69, 9.17) is 9.47 Å². The van der Waals surface area contributed by atoms with Gasteiger partial charge >= 0.3 is 0 Å². The maximum atomic E-state index is 12.7. The molecule has 1 amide bonds. The number of amides is 1. The van der Waals surface area contributed by atoms with Gasteiger partial charge in [0.25, 0.3) is 0 Å². The van der Waals surface area contributed by atoms with Crippen LogP contribution in [0.4, 0.5) is 5.69 Å². The Morgan fingerprint density at radius 2 is 1.79 bits per heavy atom. The van der Waals surface area contributed by atoms with Crippen molar-refractivity contribution in [1.82, 2.24) is 4.90 Å². The van der Waals surface area contributed by atoms with Gasteiger partial charge < -0.3 is 19.3 Å². The van der Waals surface area contributed by atoms with Crippen molar-refractivity contribution in [3.8, 4) is 5.75 Å². The second-order valence-electron chi connectivity index (χ2n) is 7.28. The molecule has 2 aromatic rings. The Kier molecular flexibility index (Phi) is 6.88. The van der Waals surface area contributed by atoms with Crippen LogP contribution < -0.4 is 9.64 Å². The van der Waals surface area contributed by atoms with Gasteiger partial charge in [-0.05, 0) is 42.8 Å². The molecule has 0 radical (unpaired) electrons. The van der Waals surface area contributed by atoms with E-state index in [0.29, 0.717) is 17.9 Å². The molecule has 6 heteroatoms. The smallest absolute Gasteiger partial charge is 0.227 e. The van der Waals surface area contributed by atoms with Crippen molar-refractivity contribution < 1.29 is 19.1 Å². The minimum Gasteiger partial charge on any atom is -0.496 e. The second kappa shape index (κ2) is 9.56. The Morgan fingerprint density at radius 1 is 1.10 bits per heavy atom. The van der Waals surface area contributed by atoms with E-state index in [1.807, 2.05) is 0 Å². The van der Waals surface area contributed by atoms with Crippen molar-refractivity contribution >= 4 is 17.4 Å². The maximum Gasteiger partial charge on any atom is 0.227 e. The van der Waals surface area contributed by atoms with E-state index >= 15 is 0 Å². The molecule has 1 heterocycles. The molecule has 2 aromatic carbocycles. The van der Waals surface area contributed by atoms with Crippen LogP contribution in [0, 0.1) is 0 Å². The zero-order valence-corrected chi connectivity index (χ0v) is 17.3. The molecule has 0 spiro atoms. The first-order chi connectivity index (χ1) is 14.0. The molecule has 1 saturated heterocycles. The number of ketones is 1. The maximum absolute atomic E-state index is 12.7. The third-order valence-electron chi connectivity index (χ3n) is 5.19. The fraction of sp³-hybridized carbons (Fsp3) is 0.391. The van der Waals surface area contributed by atoms with Crippen LogP contribution in [-0.4, -0.2) is 57.1 Å². The van der Waals surface area contributed by atoms with Crippen LogP contribution in [-0.2, 0) is 22.5 Å². The van der Waals surface area contributed by atoms with E-state index in [2.05, 4.69) is 29.2 Å². The van der Waals surface area contributed by atoms with E-state index in [1.165, 1.54) is 12.6 Å². The summed E-state index contributed by atoms with van der Waals surface area (Å²) in [6.07, 6.45) is 0.187. The lowest BCUT2D eigenvalue weighted by Gasteiger charge is -2.29. The fourth-order valence-electron chi connectivity index (χ4n) is 3.43. The molecule has 3 rings (SSSR count). The van der Waals surface area contributed by atoms with Crippen molar-refractivity contribution in [2.75, 3.05) is 45.4 Å². The highest BCUT2D eigenvalue weighted by atomic mass is 16.5. The molecule has 29 heavy (non-hydrogen) atoms. The molecule has 0 unspecified atom stereocenters. The minimum absolute atomic E-state index is 0.0266.